The fraction of sp³-hybridized carbons (Fsp3) is 0.409. The lowest BCUT2D eigenvalue weighted by Crippen LogP contribution is -2.42. The minimum Gasteiger partial charge on any atom is -0.494 e. The van der Waals surface area contributed by atoms with Crippen molar-refractivity contribution in [2.45, 2.75) is 32.9 Å². The fourth-order valence-corrected chi connectivity index (χ4v) is 4.30. The maximum Gasteiger partial charge on any atom is 0.228 e. The van der Waals surface area contributed by atoms with Crippen LogP contribution in [0.1, 0.15) is 30.0 Å². The Hall–Kier alpha value is -2.33. The summed E-state index contributed by atoms with van der Waals surface area (Å²) in [6, 6.07) is 16.6. The van der Waals surface area contributed by atoms with E-state index in [-0.39, 0.29) is 11.3 Å². The Morgan fingerprint density at radius 3 is 2.73 bits per heavy atom. The van der Waals surface area contributed by atoms with Gasteiger partial charge < -0.3 is 10.1 Å². The quantitative estimate of drug-likeness (QED) is 0.921. The number of hydrogen-bond acceptors (Lipinski definition) is 3. The Balaban J connectivity index is 1.53. The maximum absolute atomic E-state index is 12.9. The van der Waals surface area contributed by atoms with Crippen LogP contribution in [0.15, 0.2) is 48.5 Å². The monoisotopic (exact) mass is 350 g/mol. The fourth-order valence-electron chi connectivity index (χ4n) is 4.30. The van der Waals surface area contributed by atoms with Crippen LogP contribution in [0.2, 0.25) is 0 Å². The van der Waals surface area contributed by atoms with E-state index in [2.05, 4.69) is 46.6 Å². The molecule has 1 fully saturated rings. The zero-order valence-electron chi connectivity index (χ0n) is 15.3. The maximum atomic E-state index is 12.9. The van der Waals surface area contributed by atoms with Crippen molar-refractivity contribution in [2.24, 2.45) is 5.41 Å². The molecule has 0 aliphatic carbocycles. The lowest BCUT2D eigenvalue weighted by molar-refractivity contribution is -0.130. The highest BCUT2D eigenvalue weighted by Crippen LogP contribution is 2.38. The number of carbonyl (C=O) groups is 1. The third-order valence-corrected chi connectivity index (χ3v) is 5.67. The third kappa shape index (κ3) is 3.21. The number of ether oxygens (including phenoxy) is 1. The SMILES string of the molecule is CCOc1ccccc1CN1CCC2(Cc3ccccc3CNC2=O)C1. The summed E-state index contributed by atoms with van der Waals surface area (Å²) >= 11 is 0. The summed E-state index contributed by atoms with van der Waals surface area (Å²) in [7, 11) is 0. The van der Waals surface area contributed by atoms with Gasteiger partial charge in [-0.15, -0.1) is 0 Å². The molecule has 1 spiro atoms. The molecule has 2 heterocycles. The van der Waals surface area contributed by atoms with Gasteiger partial charge in [-0.25, -0.2) is 0 Å². The van der Waals surface area contributed by atoms with E-state index in [4.69, 9.17) is 4.74 Å². The normalized spacial score (nSPS) is 22.7. The molecule has 1 saturated heterocycles. The van der Waals surface area contributed by atoms with Gasteiger partial charge in [0.05, 0.1) is 12.0 Å². The molecular formula is C22H26N2O2. The first-order chi connectivity index (χ1) is 12.7. The second kappa shape index (κ2) is 7.12. The molecule has 0 radical (unpaired) electrons. The summed E-state index contributed by atoms with van der Waals surface area (Å²) in [6.07, 6.45) is 1.74. The van der Waals surface area contributed by atoms with Crippen molar-refractivity contribution in [3.05, 3.63) is 65.2 Å². The van der Waals surface area contributed by atoms with Gasteiger partial charge in [0, 0.05) is 25.2 Å². The highest BCUT2D eigenvalue weighted by Gasteiger charge is 2.45. The van der Waals surface area contributed by atoms with Crippen molar-refractivity contribution in [1.82, 2.24) is 10.2 Å². The third-order valence-electron chi connectivity index (χ3n) is 5.67. The van der Waals surface area contributed by atoms with Crippen molar-refractivity contribution in [2.75, 3.05) is 19.7 Å². The molecule has 1 N–H and O–H groups in total. The van der Waals surface area contributed by atoms with E-state index in [0.717, 1.165) is 38.2 Å². The van der Waals surface area contributed by atoms with E-state index < -0.39 is 0 Å². The number of hydrogen-bond donors (Lipinski definition) is 1. The highest BCUT2D eigenvalue weighted by molar-refractivity contribution is 5.84. The number of rotatable bonds is 4. The molecule has 0 saturated carbocycles. The number of carbonyl (C=O) groups excluding carboxylic acids is 1. The molecule has 4 heteroatoms. The van der Waals surface area contributed by atoms with E-state index in [1.54, 1.807) is 0 Å². The number of para-hydroxylation sites is 1. The van der Waals surface area contributed by atoms with Gasteiger partial charge in [0.25, 0.3) is 0 Å². The van der Waals surface area contributed by atoms with Crippen LogP contribution in [0.25, 0.3) is 0 Å². The Bertz CT molecular complexity index is 804. The van der Waals surface area contributed by atoms with Crippen molar-refractivity contribution in [3.8, 4) is 5.75 Å². The van der Waals surface area contributed by atoms with Crippen LogP contribution in [0, 0.1) is 5.41 Å². The zero-order valence-corrected chi connectivity index (χ0v) is 15.3. The number of fused-ring (bicyclic) bond motifs is 1. The summed E-state index contributed by atoms with van der Waals surface area (Å²) in [4.78, 5) is 15.3. The molecule has 2 aliphatic heterocycles. The van der Waals surface area contributed by atoms with E-state index >= 15 is 0 Å². The molecule has 1 atom stereocenters. The second-order valence-electron chi connectivity index (χ2n) is 7.41. The number of benzene rings is 2. The Morgan fingerprint density at radius 2 is 1.88 bits per heavy atom. The van der Waals surface area contributed by atoms with Gasteiger partial charge in [0.1, 0.15) is 5.75 Å². The average Bonchev–Trinajstić information content (AvgIpc) is 3.00. The molecule has 0 bridgehead atoms. The minimum atomic E-state index is -0.312. The smallest absolute Gasteiger partial charge is 0.228 e. The van der Waals surface area contributed by atoms with Crippen LogP contribution in [0.4, 0.5) is 0 Å². The molecule has 2 aromatic carbocycles. The summed E-state index contributed by atoms with van der Waals surface area (Å²) < 4.78 is 5.77. The summed E-state index contributed by atoms with van der Waals surface area (Å²) in [5.74, 6) is 1.15. The Kier molecular flexibility index (Phi) is 4.68. The molecule has 4 rings (SSSR count). The predicted octanol–water partition coefficient (Wildman–Crippen LogP) is 3.15. The molecule has 0 aromatic heterocycles. The number of nitrogens with zero attached hydrogens (tertiary/aromatic N) is 1. The van der Waals surface area contributed by atoms with Crippen LogP contribution in [-0.2, 0) is 24.3 Å². The van der Waals surface area contributed by atoms with Gasteiger partial charge in [-0.3, -0.25) is 9.69 Å². The number of nitrogens with one attached hydrogen (secondary N) is 1. The largest absolute Gasteiger partial charge is 0.494 e. The molecule has 2 aromatic rings. The minimum absolute atomic E-state index is 0.203. The molecule has 1 amide bonds. The molecule has 2 aliphatic rings. The van der Waals surface area contributed by atoms with Gasteiger partial charge in [-0.1, -0.05) is 42.5 Å². The average molecular weight is 350 g/mol. The number of amides is 1. The molecular weight excluding hydrogens is 324 g/mol. The highest BCUT2D eigenvalue weighted by atomic mass is 16.5. The molecule has 136 valence electrons. The first-order valence-corrected chi connectivity index (χ1v) is 9.48. The van der Waals surface area contributed by atoms with Gasteiger partial charge in [-0.05, 0) is 43.5 Å². The van der Waals surface area contributed by atoms with Gasteiger partial charge in [0.2, 0.25) is 5.91 Å². The van der Waals surface area contributed by atoms with E-state index in [1.165, 1.54) is 16.7 Å². The zero-order chi connectivity index (χ0) is 18.0. The van der Waals surface area contributed by atoms with Crippen LogP contribution in [0.5, 0.6) is 5.75 Å². The van der Waals surface area contributed by atoms with Crippen molar-refractivity contribution < 1.29 is 9.53 Å². The van der Waals surface area contributed by atoms with Crippen molar-refractivity contribution in [3.63, 3.8) is 0 Å². The van der Waals surface area contributed by atoms with E-state index in [9.17, 15) is 4.79 Å². The first kappa shape index (κ1) is 17.1. The summed E-state index contributed by atoms with van der Waals surface area (Å²) in [5, 5.41) is 3.16. The second-order valence-corrected chi connectivity index (χ2v) is 7.41. The van der Waals surface area contributed by atoms with Gasteiger partial charge in [-0.2, -0.15) is 0 Å². The number of likely N-dealkylation sites (tertiary alicyclic amines) is 1. The lowest BCUT2D eigenvalue weighted by atomic mass is 9.80. The lowest BCUT2D eigenvalue weighted by Gasteiger charge is -2.26. The van der Waals surface area contributed by atoms with E-state index in [0.29, 0.717) is 13.2 Å². The molecule has 26 heavy (non-hydrogen) atoms. The molecule has 4 nitrogen and oxygen atoms in total. The van der Waals surface area contributed by atoms with E-state index in [1.807, 2.05) is 19.1 Å². The first-order valence-electron chi connectivity index (χ1n) is 9.48. The summed E-state index contributed by atoms with van der Waals surface area (Å²) in [5.41, 5.74) is 3.44. The van der Waals surface area contributed by atoms with Gasteiger partial charge >= 0.3 is 0 Å². The predicted molar refractivity (Wildman–Crippen MR) is 102 cm³/mol. The topological polar surface area (TPSA) is 41.6 Å². The molecule has 1 unspecified atom stereocenters. The standard InChI is InChI=1S/C22H26N2O2/c1-2-26-20-10-6-5-9-19(20)15-24-12-11-22(16-24)13-17-7-3-4-8-18(17)14-23-21(22)25/h3-10H,2,11-16H2,1H3,(H,23,25). The van der Waals surface area contributed by atoms with Crippen LogP contribution in [-0.4, -0.2) is 30.5 Å². The van der Waals surface area contributed by atoms with Crippen molar-refractivity contribution >= 4 is 5.91 Å². The van der Waals surface area contributed by atoms with Crippen LogP contribution in [0.3, 0.4) is 0 Å². The summed E-state index contributed by atoms with van der Waals surface area (Å²) in [6.45, 7) is 5.88. The van der Waals surface area contributed by atoms with Crippen LogP contribution < -0.4 is 10.1 Å². The Labute approximate surface area is 155 Å². The Morgan fingerprint density at radius 1 is 1.12 bits per heavy atom. The van der Waals surface area contributed by atoms with Gasteiger partial charge in [0.15, 0.2) is 0 Å². The van der Waals surface area contributed by atoms with Crippen LogP contribution >= 0.6 is 0 Å². The van der Waals surface area contributed by atoms with Crippen molar-refractivity contribution in [1.29, 1.82) is 0 Å².